The summed E-state index contributed by atoms with van der Waals surface area (Å²) in [5, 5.41) is 9.13. The van der Waals surface area contributed by atoms with Crippen molar-refractivity contribution in [3.8, 4) is 0 Å². The van der Waals surface area contributed by atoms with Crippen molar-refractivity contribution >= 4 is 11.6 Å². The minimum atomic E-state index is -0.726. The Morgan fingerprint density at radius 2 is 2.39 bits per heavy atom. The summed E-state index contributed by atoms with van der Waals surface area (Å²) in [5.74, 6) is -0.726. The second-order valence-corrected chi connectivity index (χ2v) is 4.67. The number of hydrogen-bond donors (Lipinski definition) is 1. The number of carboxylic acids is 1. The number of fused-ring (bicyclic) bond motifs is 1. The molecule has 0 amide bonds. The summed E-state index contributed by atoms with van der Waals surface area (Å²) in [6.45, 7) is 1.45. The molecule has 2 aromatic heterocycles. The first kappa shape index (κ1) is 11.2. The molecule has 5 nitrogen and oxygen atoms in total. The SMILES string of the molecule is O=C(O)C1CCCN1Cc1cn2ccccc2n1. The zero-order valence-electron chi connectivity index (χ0n) is 9.99. The van der Waals surface area contributed by atoms with E-state index in [1.54, 1.807) is 0 Å². The Morgan fingerprint density at radius 1 is 1.50 bits per heavy atom. The van der Waals surface area contributed by atoms with Crippen molar-refractivity contribution in [3.63, 3.8) is 0 Å². The third-order valence-electron chi connectivity index (χ3n) is 3.43. The van der Waals surface area contributed by atoms with Gasteiger partial charge in [-0.25, -0.2) is 4.98 Å². The predicted octanol–water partition coefficient (Wildman–Crippen LogP) is 1.38. The van der Waals surface area contributed by atoms with E-state index in [4.69, 9.17) is 5.11 Å². The number of nitrogens with zero attached hydrogens (tertiary/aromatic N) is 3. The van der Waals surface area contributed by atoms with E-state index in [9.17, 15) is 4.79 Å². The Labute approximate surface area is 105 Å². The molecule has 2 aromatic rings. The molecule has 1 saturated heterocycles. The van der Waals surface area contributed by atoms with Crippen molar-refractivity contribution in [2.24, 2.45) is 0 Å². The van der Waals surface area contributed by atoms with E-state index in [0.29, 0.717) is 6.54 Å². The van der Waals surface area contributed by atoms with Gasteiger partial charge in [-0.15, -0.1) is 0 Å². The summed E-state index contributed by atoms with van der Waals surface area (Å²) in [6, 6.07) is 5.49. The van der Waals surface area contributed by atoms with E-state index in [1.807, 2.05) is 39.9 Å². The van der Waals surface area contributed by atoms with Crippen molar-refractivity contribution in [2.45, 2.75) is 25.4 Å². The van der Waals surface area contributed by atoms with Crippen molar-refractivity contribution in [2.75, 3.05) is 6.54 Å². The number of likely N-dealkylation sites (tertiary alicyclic amines) is 1. The van der Waals surface area contributed by atoms with Crippen LogP contribution < -0.4 is 0 Å². The highest BCUT2D eigenvalue weighted by Gasteiger charge is 2.30. The normalized spacial score (nSPS) is 20.6. The van der Waals surface area contributed by atoms with Gasteiger partial charge in [0.1, 0.15) is 11.7 Å². The van der Waals surface area contributed by atoms with Crippen LogP contribution >= 0.6 is 0 Å². The van der Waals surface area contributed by atoms with Crippen LogP contribution in [0.15, 0.2) is 30.6 Å². The van der Waals surface area contributed by atoms with Gasteiger partial charge in [-0.05, 0) is 31.5 Å². The van der Waals surface area contributed by atoms with Gasteiger partial charge in [0, 0.05) is 18.9 Å². The van der Waals surface area contributed by atoms with E-state index in [-0.39, 0.29) is 6.04 Å². The van der Waals surface area contributed by atoms with Gasteiger partial charge in [0.15, 0.2) is 0 Å². The fraction of sp³-hybridized carbons (Fsp3) is 0.385. The molecule has 0 saturated carbocycles. The Bertz CT molecular complexity index is 545. The topological polar surface area (TPSA) is 57.8 Å². The number of pyridine rings is 1. The lowest BCUT2D eigenvalue weighted by atomic mass is 10.2. The average molecular weight is 245 g/mol. The van der Waals surface area contributed by atoms with Crippen LogP contribution in [0.5, 0.6) is 0 Å². The number of carboxylic acid groups (broad SMARTS) is 1. The molecule has 3 rings (SSSR count). The molecule has 1 aliphatic rings. The maximum Gasteiger partial charge on any atom is 0.320 e. The molecule has 1 aliphatic heterocycles. The summed E-state index contributed by atoms with van der Waals surface area (Å²) >= 11 is 0. The first-order valence-corrected chi connectivity index (χ1v) is 6.13. The second kappa shape index (κ2) is 4.42. The minimum Gasteiger partial charge on any atom is -0.480 e. The zero-order chi connectivity index (χ0) is 12.5. The zero-order valence-corrected chi connectivity index (χ0v) is 9.99. The van der Waals surface area contributed by atoms with Crippen LogP contribution in [-0.2, 0) is 11.3 Å². The molecule has 94 valence electrons. The predicted molar refractivity (Wildman–Crippen MR) is 66.3 cm³/mol. The first-order chi connectivity index (χ1) is 8.74. The first-order valence-electron chi connectivity index (χ1n) is 6.13. The van der Waals surface area contributed by atoms with Crippen LogP contribution in [0, 0.1) is 0 Å². The minimum absolute atomic E-state index is 0.352. The average Bonchev–Trinajstić information content (AvgIpc) is 2.94. The standard InChI is InChI=1S/C13H15N3O2/c17-13(18)11-4-3-7-15(11)8-10-9-16-6-2-1-5-12(16)14-10/h1-2,5-6,9,11H,3-4,7-8H2,(H,17,18). The van der Waals surface area contributed by atoms with Crippen LogP contribution in [0.25, 0.3) is 5.65 Å². The Morgan fingerprint density at radius 3 is 3.17 bits per heavy atom. The monoisotopic (exact) mass is 245 g/mol. The summed E-state index contributed by atoms with van der Waals surface area (Å²) in [5.41, 5.74) is 1.83. The maximum absolute atomic E-state index is 11.1. The Balaban J connectivity index is 1.81. The number of aromatic nitrogens is 2. The molecule has 5 heteroatoms. The third kappa shape index (κ3) is 1.97. The summed E-state index contributed by atoms with van der Waals surface area (Å²) in [7, 11) is 0. The summed E-state index contributed by atoms with van der Waals surface area (Å²) in [4.78, 5) is 17.6. The van der Waals surface area contributed by atoms with E-state index >= 15 is 0 Å². The molecule has 0 spiro atoms. The van der Waals surface area contributed by atoms with E-state index < -0.39 is 5.97 Å². The van der Waals surface area contributed by atoms with Crippen LogP contribution in [0.1, 0.15) is 18.5 Å². The van der Waals surface area contributed by atoms with Gasteiger partial charge < -0.3 is 9.51 Å². The van der Waals surface area contributed by atoms with Crippen LogP contribution in [0.2, 0.25) is 0 Å². The molecule has 0 radical (unpaired) electrons. The van der Waals surface area contributed by atoms with E-state index in [0.717, 1.165) is 30.7 Å². The molecule has 1 N–H and O–H groups in total. The van der Waals surface area contributed by atoms with Gasteiger partial charge in [0.2, 0.25) is 0 Å². The van der Waals surface area contributed by atoms with Crippen molar-refractivity contribution in [1.29, 1.82) is 0 Å². The molecule has 18 heavy (non-hydrogen) atoms. The van der Waals surface area contributed by atoms with E-state index in [1.165, 1.54) is 0 Å². The fourth-order valence-electron chi connectivity index (χ4n) is 2.57. The van der Waals surface area contributed by atoms with Gasteiger partial charge in [-0.2, -0.15) is 0 Å². The molecule has 1 unspecified atom stereocenters. The van der Waals surface area contributed by atoms with E-state index in [2.05, 4.69) is 4.98 Å². The molecule has 0 aromatic carbocycles. The highest BCUT2D eigenvalue weighted by molar-refractivity contribution is 5.73. The highest BCUT2D eigenvalue weighted by Crippen LogP contribution is 2.20. The third-order valence-corrected chi connectivity index (χ3v) is 3.43. The lowest BCUT2D eigenvalue weighted by Crippen LogP contribution is -2.35. The maximum atomic E-state index is 11.1. The Hall–Kier alpha value is -1.88. The quantitative estimate of drug-likeness (QED) is 0.887. The van der Waals surface area contributed by atoms with Gasteiger partial charge in [0.05, 0.1) is 5.69 Å². The fourth-order valence-corrected chi connectivity index (χ4v) is 2.57. The summed E-state index contributed by atoms with van der Waals surface area (Å²) < 4.78 is 1.96. The lowest BCUT2D eigenvalue weighted by Gasteiger charge is -2.19. The van der Waals surface area contributed by atoms with Crippen molar-refractivity contribution in [1.82, 2.24) is 14.3 Å². The molecule has 0 aliphatic carbocycles. The molecule has 0 bridgehead atoms. The molecule has 1 fully saturated rings. The second-order valence-electron chi connectivity index (χ2n) is 4.67. The summed E-state index contributed by atoms with van der Waals surface area (Å²) in [6.07, 6.45) is 5.60. The van der Waals surface area contributed by atoms with Gasteiger partial charge in [0.25, 0.3) is 0 Å². The van der Waals surface area contributed by atoms with Crippen molar-refractivity contribution in [3.05, 3.63) is 36.3 Å². The number of hydrogen-bond acceptors (Lipinski definition) is 3. The lowest BCUT2D eigenvalue weighted by molar-refractivity contribution is -0.142. The number of carbonyl (C=O) groups is 1. The molecular weight excluding hydrogens is 230 g/mol. The number of imidazole rings is 1. The molecule has 1 atom stereocenters. The molecular formula is C13H15N3O2. The van der Waals surface area contributed by atoms with Crippen molar-refractivity contribution < 1.29 is 9.90 Å². The van der Waals surface area contributed by atoms with Gasteiger partial charge in [-0.1, -0.05) is 6.07 Å². The van der Waals surface area contributed by atoms with Crippen LogP contribution in [-0.4, -0.2) is 37.9 Å². The highest BCUT2D eigenvalue weighted by atomic mass is 16.4. The van der Waals surface area contributed by atoms with Crippen LogP contribution in [0.4, 0.5) is 0 Å². The number of rotatable bonds is 3. The smallest absolute Gasteiger partial charge is 0.320 e. The number of aliphatic carboxylic acids is 1. The Kier molecular flexibility index (Phi) is 2.76. The van der Waals surface area contributed by atoms with Gasteiger partial charge in [-0.3, -0.25) is 9.69 Å². The molecule has 3 heterocycles. The van der Waals surface area contributed by atoms with Gasteiger partial charge >= 0.3 is 5.97 Å². The largest absolute Gasteiger partial charge is 0.480 e. The van der Waals surface area contributed by atoms with Crippen LogP contribution in [0.3, 0.4) is 0 Å².